The predicted molar refractivity (Wildman–Crippen MR) is 88.0 cm³/mol. The summed E-state index contributed by atoms with van der Waals surface area (Å²) in [6, 6.07) is 5.95. The van der Waals surface area contributed by atoms with Gasteiger partial charge in [-0.25, -0.2) is 15.0 Å². The lowest BCUT2D eigenvalue weighted by atomic mass is 10.0. The van der Waals surface area contributed by atoms with E-state index in [-0.39, 0.29) is 6.17 Å². The van der Waals surface area contributed by atoms with E-state index in [1.807, 2.05) is 18.2 Å². The topological polar surface area (TPSA) is 52.8 Å². The predicted octanol–water partition coefficient (Wildman–Crippen LogP) is 1.19. The summed E-state index contributed by atoms with van der Waals surface area (Å²) < 4.78 is 5.29. The Hall–Kier alpha value is -2.05. The van der Waals surface area contributed by atoms with Crippen LogP contribution in [-0.2, 0) is 0 Å². The number of likely N-dealkylation sites (N-methyl/N-ethyl adjacent to an activating group) is 1. The van der Waals surface area contributed by atoms with E-state index in [9.17, 15) is 0 Å². The van der Waals surface area contributed by atoms with Gasteiger partial charge in [0, 0.05) is 37.8 Å². The van der Waals surface area contributed by atoms with Gasteiger partial charge in [0.1, 0.15) is 24.0 Å². The van der Waals surface area contributed by atoms with Crippen LogP contribution < -0.4 is 4.74 Å². The molecule has 6 nitrogen and oxygen atoms in total. The first-order valence-electron chi connectivity index (χ1n) is 7.55. The summed E-state index contributed by atoms with van der Waals surface area (Å²) in [5.74, 6) is 0.819. The fraction of sp³-hybridized carbons (Fsp3) is 0.438. The minimum Gasteiger partial charge on any atom is -0.497 e. The number of aliphatic imine (C=N–C) groups is 3. The second kappa shape index (κ2) is 5.30. The lowest BCUT2D eigenvalue weighted by molar-refractivity contribution is 0.140. The zero-order chi connectivity index (χ0) is 15.1. The normalized spacial score (nSPS) is 24.5. The van der Waals surface area contributed by atoms with Gasteiger partial charge in [-0.2, -0.15) is 0 Å². The van der Waals surface area contributed by atoms with Crippen LogP contribution in [0.15, 0.2) is 33.2 Å². The summed E-state index contributed by atoms with van der Waals surface area (Å²) in [5.41, 5.74) is 3.92. The highest BCUT2D eigenvalue weighted by Gasteiger charge is 2.35. The molecule has 0 bridgehead atoms. The highest BCUT2D eigenvalue weighted by Crippen LogP contribution is 2.33. The highest BCUT2D eigenvalue weighted by atomic mass is 16.5. The number of benzene rings is 1. The molecule has 0 spiro atoms. The van der Waals surface area contributed by atoms with Gasteiger partial charge in [-0.1, -0.05) is 0 Å². The maximum Gasteiger partial charge on any atom is 0.149 e. The second-order valence-electron chi connectivity index (χ2n) is 5.84. The molecule has 1 saturated heterocycles. The van der Waals surface area contributed by atoms with E-state index >= 15 is 0 Å². The number of nitrogens with zero attached hydrogens (tertiary/aromatic N) is 5. The number of rotatable bonds is 2. The Kier molecular flexibility index (Phi) is 3.28. The maximum atomic E-state index is 5.29. The summed E-state index contributed by atoms with van der Waals surface area (Å²) in [4.78, 5) is 18.6. The molecule has 3 heterocycles. The number of hydrogen-bond donors (Lipinski definition) is 0. The molecule has 1 aromatic carbocycles. The van der Waals surface area contributed by atoms with Crippen LogP contribution in [0.2, 0.25) is 0 Å². The molecule has 0 amide bonds. The molecule has 22 heavy (non-hydrogen) atoms. The smallest absolute Gasteiger partial charge is 0.149 e. The molecule has 0 aromatic heterocycles. The summed E-state index contributed by atoms with van der Waals surface area (Å²) >= 11 is 0. The zero-order valence-corrected chi connectivity index (χ0v) is 12.9. The molecular formula is C16H19N5O. The average Bonchev–Trinajstić information content (AvgIpc) is 2.93. The van der Waals surface area contributed by atoms with Gasteiger partial charge in [-0.3, -0.25) is 4.90 Å². The molecule has 114 valence electrons. The van der Waals surface area contributed by atoms with Crippen molar-refractivity contribution in [2.24, 2.45) is 15.0 Å². The van der Waals surface area contributed by atoms with Gasteiger partial charge in [0.05, 0.1) is 18.5 Å². The molecule has 1 fully saturated rings. The number of hydrogen-bond acceptors (Lipinski definition) is 6. The summed E-state index contributed by atoms with van der Waals surface area (Å²) in [7, 11) is 3.83. The third-order valence-electron chi connectivity index (χ3n) is 4.47. The van der Waals surface area contributed by atoms with Crippen molar-refractivity contribution in [3.05, 3.63) is 23.8 Å². The van der Waals surface area contributed by atoms with E-state index in [0.29, 0.717) is 0 Å². The standard InChI is InChI=1S/C16H19N5O/c1-20-5-7-21(8-6-20)16-15-14(17-10-18-16)12-4-3-11(22-2)9-13(12)19-15/h3-4,9-10,16H,5-8H2,1-2H3. The maximum absolute atomic E-state index is 5.29. The lowest BCUT2D eigenvalue weighted by Crippen LogP contribution is -2.52. The Morgan fingerprint density at radius 1 is 1.18 bits per heavy atom. The molecule has 4 rings (SSSR count). The minimum absolute atomic E-state index is 0.0143. The largest absolute Gasteiger partial charge is 0.497 e. The van der Waals surface area contributed by atoms with Crippen molar-refractivity contribution in [1.29, 1.82) is 0 Å². The van der Waals surface area contributed by atoms with Crippen LogP contribution in [0.4, 0.5) is 5.69 Å². The van der Waals surface area contributed by atoms with Crippen LogP contribution in [0.5, 0.6) is 5.75 Å². The van der Waals surface area contributed by atoms with Crippen molar-refractivity contribution in [3.8, 4) is 5.75 Å². The summed E-state index contributed by atoms with van der Waals surface area (Å²) in [5, 5.41) is 0. The molecule has 3 aliphatic rings. The average molecular weight is 297 g/mol. The molecule has 3 aliphatic heterocycles. The third-order valence-corrected chi connectivity index (χ3v) is 4.47. The van der Waals surface area contributed by atoms with Gasteiger partial charge >= 0.3 is 0 Å². The zero-order valence-electron chi connectivity index (χ0n) is 12.9. The Morgan fingerprint density at radius 3 is 2.77 bits per heavy atom. The molecular weight excluding hydrogens is 278 g/mol. The van der Waals surface area contributed by atoms with Crippen molar-refractivity contribution in [3.63, 3.8) is 0 Å². The molecule has 6 heteroatoms. The molecule has 0 N–H and O–H groups in total. The fourth-order valence-corrected chi connectivity index (χ4v) is 3.13. The van der Waals surface area contributed by atoms with Gasteiger partial charge < -0.3 is 9.64 Å². The van der Waals surface area contributed by atoms with Gasteiger partial charge in [-0.05, 0) is 19.2 Å². The van der Waals surface area contributed by atoms with Crippen LogP contribution in [0, 0.1) is 0 Å². The van der Waals surface area contributed by atoms with E-state index in [1.165, 1.54) is 0 Å². The van der Waals surface area contributed by atoms with E-state index in [4.69, 9.17) is 9.73 Å². The van der Waals surface area contributed by atoms with E-state index in [1.54, 1.807) is 13.4 Å². The Morgan fingerprint density at radius 2 is 2.00 bits per heavy atom. The van der Waals surface area contributed by atoms with E-state index in [0.717, 1.165) is 54.6 Å². The molecule has 0 aliphatic carbocycles. The SMILES string of the molecule is COc1ccc2c(c1)N=C1C2=NC=NC1N1CCN(C)CC1. The highest BCUT2D eigenvalue weighted by molar-refractivity contribution is 6.55. The Labute approximate surface area is 129 Å². The van der Waals surface area contributed by atoms with Crippen LogP contribution in [0.1, 0.15) is 5.56 Å². The van der Waals surface area contributed by atoms with Crippen molar-refractivity contribution in [2.75, 3.05) is 40.3 Å². The minimum atomic E-state index is -0.0143. The van der Waals surface area contributed by atoms with Crippen LogP contribution in [-0.4, -0.2) is 74.1 Å². The third kappa shape index (κ3) is 2.15. The van der Waals surface area contributed by atoms with Crippen LogP contribution >= 0.6 is 0 Å². The molecule has 0 radical (unpaired) electrons. The molecule has 1 aromatic rings. The monoisotopic (exact) mass is 297 g/mol. The molecule has 1 unspecified atom stereocenters. The van der Waals surface area contributed by atoms with Gasteiger partial charge in [0.25, 0.3) is 0 Å². The van der Waals surface area contributed by atoms with Gasteiger partial charge in [0.2, 0.25) is 0 Å². The van der Waals surface area contributed by atoms with Crippen molar-refractivity contribution >= 4 is 23.4 Å². The van der Waals surface area contributed by atoms with Gasteiger partial charge in [-0.15, -0.1) is 0 Å². The number of piperazine rings is 1. The molecule has 1 atom stereocenters. The lowest BCUT2D eigenvalue weighted by Gasteiger charge is -2.36. The first-order chi connectivity index (χ1) is 10.8. The summed E-state index contributed by atoms with van der Waals surface area (Å²) in [6.07, 6.45) is 1.66. The fourth-order valence-electron chi connectivity index (χ4n) is 3.13. The first-order valence-corrected chi connectivity index (χ1v) is 7.55. The van der Waals surface area contributed by atoms with E-state index in [2.05, 4.69) is 26.8 Å². The first kappa shape index (κ1) is 13.6. The Bertz CT molecular complexity index is 686. The van der Waals surface area contributed by atoms with Crippen LogP contribution in [0.25, 0.3) is 0 Å². The van der Waals surface area contributed by atoms with Crippen LogP contribution in [0.3, 0.4) is 0 Å². The Balaban J connectivity index is 1.66. The number of methoxy groups -OCH3 is 1. The number of fused-ring (bicyclic) bond motifs is 3. The molecule has 0 saturated carbocycles. The van der Waals surface area contributed by atoms with Crippen molar-refractivity contribution < 1.29 is 4.74 Å². The quantitative estimate of drug-likeness (QED) is 0.824. The van der Waals surface area contributed by atoms with Crippen molar-refractivity contribution in [2.45, 2.75) is 6.17 Å². The van der Waals surface area contributed by atoms with Gasteiger partial charge in [0.15, 0.2) is 0 Å². The number of ether oxygens (including phenoxy) is 1. The van der Waals surface area contributed by atoms with E-state index < -0.39 is 0 Å². The second-order valence-corrected chi connectivity index (χ2v) is 5.84. The van der Waals surface area contributed by atoms with Crippen molar-refractivity contribution in [1.82, 2.24) is 9.80 Å². The summed E-state index contributed by atoms with van der Waals surface area (Å²) in [6.45, 7) is 4.13.